The summed E-state index contributed by atoms with van der Waals surface area (Å²) in [5.41, 5.74) is 4.02. The van der Waals surface area contributed by atoms with Crippen LogP contribution in [-0.2, 0) is 0 Å². The van der Waals surface area contributed by atoms with E-state index < -0.39 is 0 Å². The van der Waals surface area contributed by atoms with Gasteiger partial charge in [0, 0.05) is 24.3 Å². The molecular weight excluding hydrogens is 236 g/mol. The molecule has 0 aromatic heterocycles. The summed E-state index contributed by atoms with van der Waals surface area (Å²) in [5.74, 6) is 0. The molecule has 1 N–H and O–H groups in total. The summed E-state index contributed by atoms with van der Waals surface area (Å²) in [4.78, 5) is 4.72. The number of rotatable bonds is 2. The minimum atomic E-state index is 0.127. The molecule has 0 amide bonds. The molecule has 1 atom stereocenters. The van der Waals surface area contributed by atoms with E-state index in [0.717, 1.165) is 13.1 Å². The van der Waals surface area contributed by atoms with Crippen LogP contribution in [0.15, 0.2) is 18.2 Å². The van der Waals surface area contributed by atoms with E-state index in [4.69, 9.17) is 0 Å². The van der Waals surface area contributed by atoms with Crippen molar-refractivity contribution in [3.8, 4) is 0 Å². The Kier molecular flexibility index (Phi) is 3.88. The van der Waals surface area contributed by atoms with Crippen molar-refractivity contribution in [1.29, 1.82) is 0 Å². The van der Waals surface area contributed by atoms with Crippen molar-refractivity contribution in [1.82, 2.24) is 4.90 Å². The van der Waals surface area contributed by atoms with E-state index >= 15 is 0 Å². The number of hydrogen-bond acceptors (Lipinski definition) is 3. The Balaban J connectivity index is 2.38. The van der Waals surface area contributed by atoms with Gasteiger partial charge in [0.05, 0.1) is 12.6 Å². The Morgan fingerprint density at radius 2 is 2.00 bits per heavy atom. The molecular formula is C16H26N2O. The van der Waals surface area contributed by atoms with Gasteiger partial charge in [-0.25, -0.2) is 0 Å². The van der Waals surface area contributed by atoms with E-state index in [1.165, 1.54) is 16.8 Å². The zero-order valence-electron chi connectivity index (χ0n) is 12.8. The highest BCUT2D eigenvalue weighted by Crippen LogP contribution is 2.31. The summed E-state index contributed by atoms with van der Waals surface area (Å²) >= 11 is 0. The number of aliphatic hydroxyl groups is 1. The second kappa shape index (κ2) is 5.14. The predicted molar refractivity (Wildman–Crippen MR) is 80.8 cm³/mol. The zero-order chi connectivity index (χ0) is 14.2. The zero-order valence-corrected chi connectivity index (χ0v) is 12.8. The molecule has 1 aromatic carbocycles. The topological polar surface area (TPSA) is 26.7 Å². The van der Waals surface area contributed by atoms with Crippen molar-refractivity contribution in [3.05, 3.63) is 29.3 Å². The third kappa shape index (κ3) is 2.63. The average Bonchev–Trinajstić information content (AvgIpc) is 2.35. The van der Waals surface area contributed by atoms with Crippen molar-refractivity contribution in [3.63, 3.8) is 0 Å². The monoisotopic (exact) mass is 262 g/mol. The minimum Gasteiger partial charge on any atom is -0.394 e. The fourth-order valence-electron chi connectivity index (χ4n) is 2.81. The first-order chi connectivity index (χ1) is 8.86. The Bertz CT molecular complexity index is 456. The SMILES string of the molecule is Cc1cccc(N2CC(C)(C)N(C)CC2CO)c1C. The lowest BCUT2D eigenvalue weighted by Crippen LogP contribution is -2.63. The number of nitrogens with zero attached hydrogens (tertiary/aromatic N) is 2. The van der Waals surface area contributed by atoms with Gasteiger partial charge in [0.1, 0.15) is 0 Å². The molecule has 1 heterocycles. The molecule has 0 aliphatic carbocycles. The van der Waals surface area contributed by atoms with Crippen molar-refractivity contribution in [2.45, 2.75) is 39.3 Å². The number of piperazine rings is 1. The number of aliphatic hydroxyl groups excluding tert-OH is 1. The van der Waals surface area contributed by atoms with Crippen LogP contribution in [0.2, 0.25) is 0 Å². The maximum atomic E-state index is 9.70. The number of likely N-dealkylation sites (N-methyl/N-ethyl adjacent to an activating group) is 1. The van der Waals surface area contributed by atoms with Gasteiger partial charge in [-0.2, -0.15) is 0 Å². The molecule has 2 rings (SSSR count). The van der Waals surface area contributed by atoms with Gasteiger partial charge in [-0.3, -0.25) is 4.90 Å². The highest BCUT2D eigenvalue weighted by atomic mass is 16.3. The molecule has 1 unspecified atom stereocenters. The van der Waals surface area contributed by atoms with Crippen LogP contribution in [0.4, 0.5) is 5.69 Å². The maximum absolute atomic E-state index is 9.70. The Labute approximate surface area is 116 Å². The van der Waals surface area contributed by atoms with Gasteiger partial charge in [0.2, 0.25) is 0 Å². The van der Waals surface area contributed by atoms with Gasteiger partial charge in [-0.05, 0) is 51.9 Å². The van der Waals surface area contributed by atoms with E-state index in [1.54, 1.807) is 0 Å². The van der Waals surface area contributed by atoms with Crippen LogP contribution < -0.4 is 4.90 Å². The maximum Gasteiger partial charge on any atom is 0.0648 e. The normalized spacial score (nSPS) is 23.7. The summed E-state index contributed by atoms with van der Waals surface area (Å²) < 4.78 is 0. The van der Waals surface area contributed by atoms with Gasteiger partial charge in [0.15, 0.2) is 0 Å². The van der Waals surface area contributed by atoms with E-state index in [2.05, 4.69) is 62.7 Å². The molecule has 19 heavy (non-hydrogen) atoms. The smallest absolute Gasteiger partial charge is 0.0648 e. The summed E-state index contributed by atoms with van der Waals surface area (Å²) in [7, 11) is 2.14. The molecule has 0 saturated carbocycles. The molecule has 0 bridgehead atoms. The second-order valence-electron chi connectivity index (χ2n) is 6.38. The van der Waals surface area contributed by atoms with Gasteiger partial charge < -0.3 is 10.0 Å². The van der Waals surface area contributed by atoms with Gasteiger partial charge in [0.25, 0.3) is 0 Å². The van der Waals surface area contributed by atoms with Gasteiger partial charge in [-0.1, -0.05) is 12.1 Å². The molecule has 1 aromatic rings. The first kappa shape index (κ1) is 14.4. The molecule has 0 radical (unpaired) electrons. The standard InChI is InChI=1S/C16H26N2O/c1-12-7-6-8-15(13(12)2)18-11-16(3,4)17(5)9-14(18)10-19/h6-8,14,19H,9-11H2,1-5H3. The molecule has 1 fully saturated rings. The molecule has 106 valence electrons. The molecule has 1 aliphatic rings. The van der Waals surface area contributed by atoms with Crippen LogP contribution in [-0.4, -0.2) is 48.3 Å². The lowest BCUT2D eigenvalue weighted by atomic mass is 9.94. The molecule has 1 aliphatic heterocycles. The van der Waals surface area contributed by atoms with E-state index in [9.17, 15) is 5.11 Å². The highest BCUT2D eigenvalue weighted by Gasteiger charge is 2.37. The fourth-order valence-corrected chi connectivity index (χ4v) is 2.81. The molecule has 3 heteroatoms. The molecule has 1 saturated heterocycles. The highest BCUT2D eigenvalue weighted by molar-refractivity contribution is 5.57. The number of aryl methyl sites for hydroxylation is 1. The predicted octanol–water partition coefficient (Wildman–Crippen LogP) is 2.19. The Morgan fingerprint density at radius 3 is 2.63 bits per heavy atom. The van der Waals surface area contributed by atoms with Crippen LogP contribution in [0.25, 0.3) is 0 Å². The Hall–Kier alpha value is -1.06. The van der Waals surface area contributed by atoms with Crippen LogP contribution in [0.3, 0.4) is 0 Å². The Morgan fingerprint density at radius 1 is 1.32 bits per heavy atom. The van der Waals surface area contributed by atoms with Gasteiger partial charge >= 0.3 is 0 Å². The number of hydrogen-bond donors (Lipinski definition) is 1. The first-order valence-corrected chi connectivity index (χ1v) is 7.02. The second-order valence-corrected chi connectivity index (χ2v) is 6.38. The van der Waals surface area contributed by atoms with Crippen molar-refractivity contribution >= 4 is 5.69 Å². The summed E-state index contributed by atoms with van der Waals surface area (Å²) in [6, 6.07) is 6.61. The number of anilines is 1. The summed E-state index contributed by atoms with van der Waals surface area (Å²) in [6.45, 7) is 10.9. The lowest BCUT2D eigenvalue weighted by Gasteiger charge is -2.50. The van der Waals surface area contributed by atoms with Crippen LogP contribution in [0.1, 0.15) is 25.0 Å². The van der Waals surface area contributed by atoms with E-state index in [1.807, 2.05) is 0 Å². The van der Waals surface area contributed by atoms with Gasteiger partial charge in [-0.15, -0.1) is 0 Å². The summed E-state index contributed by atoms with van der Waals surface area (Å²) in [6.07, 6.45) is 0. The van der Waals surface area contributed by atoms with E-state index in [-0.39, 0.29) is 18.2 Å². The molecule has 3 nitrogen and oxygen atoms in total. The van der Waals surface area contributed by atoms with Crippen LogP contribution >= 0.6 is 0 Å². The summed E-state index contributed by atoms with van der Waals surface area (Å²) in [5, 5.41) is 9.70. The molecule has 0 spiro atoms. The van der Waals surface area contributed by atoms with Crippen molar-refractivity contribution < 1.29 is 5.11 Å². The quantitative estimate of drug-likeness (QED) is 0.885. The van der Waals surface area contributed by atoms with Crippen molar-refractivity contribution in [2.75, 3.05) is 31.6 Å². The van der Waals surface area contributed by atoms with Crippen LogP contribution in [0, 0.1) is 13.8 Å². The minimum absolute atomic E-state index is 0.127. The largest absolute Gasteiger partial charge is 0.394 e. The fraction of sp³-hybridized carbons (Fsp3) is 0.625. The van der Waals surface area contributed by atoms with Crippen molar-refractivity contribution in [2.24, 2.45) is 0 Å². The number of benzene rings is 1. The van der Waals surface area contributed by atoms with Crippen LogP contribution in [0.5, 0.6) is 0 Å². The third-order valence-corrected chi connectivity index (χ3v) is 4.61. The lowest BCUT2D eigenvalue weighted by molar-refractivity contribution is 0.0932. The average molecular weight is 262 g/mol. The van der Waals surface area contributed by atoms with E-state index in [0.29, 0.717) is 0 Å². The first-order valence-electron chi connectivity index (χ1n) is 7.02. The third-order valence-electron chi connectivity index (χ3n) is 4.61.